The standard InChI is InChI=1S/C31H22Br6O6/c1-31(2,17-11-21(34)27(22(35)12-17)42-29(38)15-5-7-25(40-3)19(32)9-15)18-13-23(36)28(24(37)14-18)43-30(39)16-6-8-26(41-4)20(33)10-16/h5-14H,1-4H3. The van der Waals surface area contributed by atoms with Crippen LogP contribution >= 0.6 is 95.6 Å². The first-order chi connectivity index (χ1) is 20.3. The normalized spacial score (nSPS) is 11.2. The summed E-state index contributed by atoms with van der Waals surface area (Å²) >= 11 is 21.1. The maximum atomic E-state index is 12.9. The molecule has 0 aliphatic heterocycles. The Labute approximate surface area is 299 Å². The van der Waals surface area contributed by atoms with E-state index < -0.39 is 17.4 Å². The van der Waals surface area contributed by atoms with Gasteiger partial charge in [0, 0.05) is 5.41 Å². The van der Waals surface area contributed by atoms with Crippen LogP contribution in [0.15, 0.2) is 87.5 Å². The first-order valence-corrected chi connectivity index (χ1v) is 17.1. The number of carbonyl (C=O) groups excluding carboxylic acids is 2. The summed E-state index contributed by atoms with van der Waals surface area (Å²) in [5, 5.41) is 0. The zero-order chi connectivity index (χ0) is 31.6. The molecule has 4 aromatic carbocycles. The Bertz CT molecular complexity index is 1570. The van der Waals surface area contributed by atoms with Gasteiger partial charge >= 0.3 is 11.9 Å². The molecule has 224 valence electrons. The van der Waals surface area contributed by atoms with E-state index in [0.29, 0.717) is 61.0 Å². The first-order valence-electron chi connectivity index (χ1n) is 12.4. The fourth-order valence-corrected chi connectivity index (χ4v) is 7.87. The second-order valence-corrected chi connectivity index (χ2v) is 14.8. The SMILES string of the molecule is COc1ccc(C(=O)Oc2c(Br)cc(C(C)(C)c3cc(Br)c(OC(=O)c4ccc(OC)c(Br)c4)c(Br)c3)cc2Br)cc1Br. The molecule has 0 aromatic heterocycles. The van der Waals surface area contributed by atoms with Crippen molar-refractivity contribution in [1.29, 1.82) is 0 Å². The average Bonchev–Trinajstić information content (AvgIpc) is 2.96. The lowest BCUT2D eigenvalue weighted by Gasteiger charge is -2.28. The van der Waals surface area contributed by atoms with Crippen LogP contribution in [0.2, 0.25) is 0 Å². The quantitative estimate of drug-likeness (QED) is 0.129. The molecule has 4 rings (SSSR count). The van der Waals surface area contributed by atoms with Crippen LogP contribution < -0.4 is 18.9 Å². The van der Waals surface area contributed by atoms with E-state index in [2.05, 4.69) is 109 Å². The highest BCUT2D eigenvalue weighted by molar-refractivity contribution is 9.11. The molecule has 0 aliphatic rings. The number of methoxy groups -OCH3 is 2. The maximum absolute atomic E-state index is 12.9. The molecule has 6 nitrogen and oxygen atoms in total. The molecular formula is C31H22Br6O6. The van der Waals surface area contributed by atoms with Crippen LogP contribution in [0.1, 0.15) is 45.7 Å². The van der Waals surface area contributed by atoms with Gasteiger partial charge in [-0.1, -0.05) is 13.8 Å². The molecular weight excluding hydrogens is 948 g/mol. The molecule has 43 heavy (non-hydrogen) atoms. The molecule has 0 amide bonds. The highest BCUT2D eigenvalue weighted by atomic mass is 79.9. The smallest absolute Gasteiger partial charge is 0.343 e. The third-order valence-corrected chi connectivity index (χ3v) is 10.2. The van der Waals surface area contributed by atoms with Gasteiger partial charge in [0.15, 0.2) is 11.5 Å². The van der Waals surface area contributed by atoms with Crippen molar-refractivity contribution in [2.24, 2.45) is 0 Å². The van der Waals surface area contributed by atoms with E-state index in [1.807, 2.05) is 24.3 Å². The van der Waals surface area contributed by atoms with E-state index in [0.717, 1.165) is 11.1 Å². The number of halogens is 6. The Balaban J connectivity index is 1.58. The molecule has 0 unspecified atom stereocenters. The van der Waals surface area contributed by atoms with E-state index in [-0.39, 0.29) is 0 Å². The highest BCUT2D eigenvalue weighted by Gasteiger charge is 2.28. The summed E-state index contributed by atoms with van der Waals surface area (Å²) in [6.07, 6.45) is 0. The summed E-state index contributed by atoms with van der Waals surface area (Å²) in [7, 11) is 3.11. The molecule has 0 saturated carbocycles. The Kier molecular flexibility index (Phi) is 11.3. The number of benzene rings is 4. The number of ether oxygens (including phenoxy) is 4. The summed E-state index contributed by atoms with van der Waals surface area (Å²) in [4.78, 5) is 25.8. The topological polar surface area (TPSA) is 71.1 Å². The minimum absolute atomic E-state index is 0.353. The van der Waals surface area contributed by atoms with Crippen LogP contribution in [-0.4, -0.2) is 26.2 Å². The lowest BCUT2D eigenvalue weighted by molar-refractivity contribution is 0.0722. The zero-order valence-electron chi connectivity index (χ0n) is 23.0. The Morgan fingerprint density at radius 2 is 0.860 bits per heavy atom. The van der Waals surface area contributed by atoms with Gasteiger partial charge in [-0.25, -0.2) is 9.59 Å². The predicted octanol–water partition coefficient (Wildman–Crippen LogP) is 11.0. The Hall–Kier alpha value is -1.70. The van der Waals surface area contributed by atoms with Gasteiger partial charge in [-0.15, -0.1) is 0 Å². The maximum Gasteiger partial charge on any atom is 0.343 e. The monoisotopic (exact) mass is 964 g/mol. The van der Waals surface area contributed by atoms with Crippen molar-refractivity contribution >= 4 is 108 Å². The van der Waals surface area contributed by atoms with Crippen LogP contribution in [-0.2, 0) is 5.41 Å². The van der Waals surface area contributed by atoms with Crippen molar-refractivity contribution in [3.63, 3.8) is 0 Å². The average molecular weight is 970 g/mol. The zero-order valence-corrected chi connectivity index (χ0v) is 32.5. The van der Waals surface area contributed by atoms with Gasteiger partial charge in [0.1, 0.15) is 11.5 Å². The second-order valence-electron chi connectivity index (χ2n) is 9.64. The van der Waals surface area contributed by atoms with Crippen molar-refractivity contribution in [3.8, 4) is 23.0 Å². The van der Waals surface area contributed by atoms with E-state index in [9.17, 15) is 9.59 Å². The van der Waals surface area contributed by atoms with Crippen LogP contribution in [0, 0.1) is 0 Å². The van der Waals surface area contributed by atoms with Crippen molar-refractivity contribution in [1.82, 2.24) is 0 Å². The molecule has 0 fully saturated rings. The fourth-order valence-electron chi connectivity index (χ4n) is 4.09. The highest BCUT2D eigenvalue weighted by Crippen LogP contribution is 2.44. The van der Waals surface area contributed by atoms with Gasteiger partial charge in [0.2, 0.25) is 0 Å². The van der Waals surface area contributed by atoms with Gasteiger partial charge in [-0.2, -0.15) is 0 Å². The molecule has 0 saturated heterocycles. The molecule has 0 radical (unpaired) electrons. The van der Waals surface area contributed by atoms with E-state index >= 15 is 0 Å². The Morgan fingerprint density at radius 1 is 0.535 bits per heavy atom. The molecule has 12 heteroatoms. The minimum atomic E-state index is -0.517. The number of esters is 2. The first kappa shape index (κ1) is 34.2. The van der Waals surface area contributed by atoms with Crippen LogP contribution in [0.3, 0.4) is 0 Å². The van der Waals surface area contributed by atoms with E-state index in [1.54, 1.807) is 50.6 Å². The molecule has 0 aliphatic carbocycles. The molecule has 4 aromatic rings. The molecule has 0 N–H and O–H groups in total. The van der Waals surface area contributed by atoms with Crippen LogP contribution in [0.5, 0.6) is 23.0 Å². The number of carbonyl (C=O) groups is 2. The predicted molar refractivity (Wildman–Crippen MR) is 187 cm³/mol. The van der Waals surface area contributed by atoms with Crippen molar-refractivity contribution in [2.45, 2.75) is 19.3 Å². The van der Waals surface area contributed by atoms with Crippen LogP contribution in [0.4, 0.5) is 0 Å². The lowest BCUT2D eigenvalue weighted by Crippen LogP contribution is -2.20. The van der Waals surface area contributed by atoms with E-state index in [1.165, 1.54) is 0 Å². The molecule has 0 bridgehead atoms. The van der Waals surface area contributed by atoms with E-state index in [4.69, 9.17) is 18.9 Å². The molecule has 0 heterocycles. The minimum Gasteiger partial charge on any atom is -0.496 e. The summed E-state index contributed by atoms with van der Waals surface area (Å²) < 4.78 is 25.6. The van der Waals surface area contributed by atoms with Gasteiger partial charge in [0.05, 0.1) is 52.2 Å². The van der Waals surface area contributed by atoms with Crippen molar-refractivity contribution < 1.29 is 28.5 Å². The molecule has 0 spiro atoms. The number of hydrogen-bond acceptors (Lipinski definition) is 6. The summed E-state index contributed by atoms with van der Waals surface area (Å²) in [6, 6.07) is 17.6. The summed E-state index contributed by atoms with van der Waals surface area (Å²) in [5.74, 6) is 0.895. The van der Waals surface area contributed by atoms with Crippen molar-refractivity contribution in [3.05, 3.63) is 110 Å². The van der Waals surface area contributed by atoms with Crippen LogP contribution in [0.25, 0.3) is 0 Å². The summed E-state index contributed by atoms with van der Waals surface area (Å²) in [6.45, 7) is 4.13. The number of hydrogen-bond donors (Lipinski definition) is 0. The third kappa shape index (κ3) is 7.58. The third-order valence-electron chi connectivity index (χ3n) is 6.60. The van der Waals surface area contributed by atoms with Gasteiger partial charge in [0.25, 0.3) is 0 Å². The summed E-state index contributed by atoms with van der Waals surface area (Å²) in [5.41, 5.74) is 2.09. The van der Waals surface area contributed by atoms with Gasteiger partial charge < -0.3 is 18.9 Å². The van der Waals surface area contributed by atoms with Gasteiger partial charge in [-0.05, 0) is 167 Å². The largest absolute Gasteiger partial charge is 0.496 e. The Morgan fingerprint density at radius 3 is 1.14 bits per heavy atom. The molecule has 0 atom stereocenters. The lowest BCUT2D eigenvalue weighted by atomic mass is 9.78. The second kappa shape index (κ2) is 14.2. The fraction of sp³-hybridized carbons (Fsp3) is 0.161. The van der Waals surface area contributed by atoms with Crippen molar-refractivity contribution in [2.75, 3.05) is 14.2 Å². The van der Waals surface area contributed by atoms with Gasteiger partial charge in [-0.3, -0.25) is 0 Å². The number of rotatable bonds is 8.